The van der Waals surface area contributed by atoms with E-state index in [-0.39, 0.29) is 47.2 Å². The lowest BCUT2D eigenvalue weighted by molar-refractivity contribution is 0.390. The number of nitrogens with zero attached hydrogens (tertiary/aromatic N) is 4. The van der Waals surface area contributed by atoms with Crippen molar-refractivity contribution in [1.29, 1.82) is 0 Å². The minimum absolute atomic E-state index is 0.108. The van der Waals surface area contributed by atoms with Crippen LogP contribution in [0.1, 0.15) is 118 Å². The Morgan fingerprint density at radius 2 is 0.513 bits per heavy atom. The third-order valence-corrected chi connectivity index (χ3v) is 15.0. The molecule has 2 fully saturated rings. The van der Waals surface area contributed by atoms with Gasteiger partial charge in [-0.25, -0.2) is 0 Å². The fourth-order valence-corrected chi connectivity index (χ4v) is 11.1. The molecule has 2 saturated carbocycles. The van der Waals surface area contributed by atoms with Crippen LogP contribution in [0.4, 0.5) is 0 Å². The topological polar surface area (TPSA) is 130 Å². The molecule has 2 aliphatic carbocycles. The highest BCUT2D eigenvalue weighted by atomic mass is 16.3. The summed E-state index contributed by atoms with van der Waals surface area (Å²) in [6, 6.07) is 63.2. The molecule has 8 heteroatoms. The predicted octanol–water partition coefficient (Wildman–Crippen LogP) is 14.5. The van der Waals surface area contributed by atoms with Gasteiger partial charge < -0.3 is 20.4 Å². The van der Waals surface area contributed by atoms with Crippen LogP contribution in [0.15, 0.2) is 214 Å². The number of rotatable bonds is 4. The van der Waals surface area contributed by atoms with E-state index in [9.17, 15) is 20.4 Å². The van der Waals surface area contributed by atoms with E-state index in [1.807, 2.05) is 121 Å². The lowest BCUT2D eigenvalue weighted by atomic mass is 9.84. The molecule has 76 heavy (non-hydrogen) atoms. The summed E-state index contributed by atoms with van der Waals surface area (Å²) in [5.74, 6) is 0.433. The summed E-state index contributed by atoms with van der Waals surface area (Å²) < 4.78 is 0. The highest BCUT2D eigenvalue weighted by Gasteiger charge is 2.27. The number of phenolic OH excluding ortho intramolecular Hbond substituents is 4. The molecule has 4 N–H and O–H groups in total. The fraction of sp³-hybridized carbons (Fsp3) is 0.176. The SMILES string of the molecule is Oc1ccc2cc1C=N[C@@H]1CCCC[C@H]1N=Cc1cc(ccc1O)C(=C(c1ccccc1)c1ccccc1)c1ccc(O)c(c1)C=N[C@@H]1CCCC[C@H]1N=Cc1cc(ccc1O)C2=C(c1ccccc1)c1ccccc1. The zero-order chi connectivity index (χ0) is 51.8. The van der Waals surface area contributed by atoms with Gasteiger partial charge in [-0.2, -0.15) is 0 Å². The largest absolute Gasteiger partial charge is 0.507 e. The average molecular weight is 997 g/mol. The number of hydrogen-bond acceptors (Lipinski definition) is 8. The van der Waals surface area contributed by atoms with Crippen molar-refractivity contribution in [3.8, 4) is 23.0 Å². The average Bonchev–Trinajstić information content (AvgIpc) is 3.47. The Labute approximate surface area is 444 Å². The van der Waals surface area contributed by atoms with Crippen LogP contribution in [-0.4, -0.2) is 69.5 Å². The first-order chi connectivity index (χ1) is 37.3. The Bertz CT molecular complexity index is 3080. The van der Waals surface area contributed by atoms with Crippen LogP contribution in [0, 0.1) is 0 Å². The van der Waals surface area contributed by atoms with E-state index in [2.05, 4.69) is 48.5 Å². The molecule has 11 rings (SSSR count). The van der Waals surface area contributed by atoms with Crippen molar-refractivity contribution in [3.05, 3.63) is 261 Å². The molecule has 1 heterocycles. The minimum atomic E-state index is -0.172. The van der Waals surface area contributed by atoms with Gasteiger partial charge in [-0.05, 0) is 141 Å². The smallest absolute Gasteiger partial charge is 0.124 e. The Kier molecular flexibility index (Phi) is 14.7. The van der Waals surface area contributed by atoms with Crippen molar-refractivity contribution in [2.45, 2.75) is 75.5 Å². The number of benzene rings is 8. The Hall–Kier alpha value is -8.88. The number of aromatic hydroxyl groups is 4. The Morgan fingerprint density at radius 3 is 0.737 bits per heavy atom. The molecule has 376 valence electrons. The molecule has 1 aliphatic heterocycles. The first kappa shape index (κ1) is 49.3. The van der Waals surface area contributed by atoms with E-state index in [0.717, 1.165) is 118 Å². The van der Waals surface area contributed by atoms with Crippen molar-refractivity contribution in [3.63, 3.8) is 0 Å². The van der Waals surface area contributed by atoms with Gasteiger partial charge in [-0.15, -0.1) is 0 Å². The van der Waals surface area contributed by atoms with Crippen LogP contribution in [0.3, 0.4) is 0 Å². The summed E-state index contributed by atoms with van der Waals surface area (Å²) in [4.78, 5) is 20.8. The van der Waals surface area contributed by atoms with E-state index in [4.69, 9.17) is 20.0 Å². The van der Waals surface area contributed by atoms with Crippen molar-refractivity contribution in [2.24, 2.45) is 20.0 Å². The maximum Gasteiger partial charge on any atom is 0.124 e. The molecular formula is C68H60N4O4. The molecule has 4 atom stereocenters. The van der Waals surface area contributed by atoms with Crippen LogP contribution in [0.2, 0.25) is 0 Å². The maximum atomic E-state index is 11.6. The number of fused-ring (bicyclic) bond motifs is 10. The lowest BCUT2D eigenvalue weighted by Gasteiger charge is -2.26. The van der Waals surface area contributed by atoms with E-state index in [0.29, 0.717) is 22.3 Å². The van der Waals surface area contributed by atoms with E-state index in [1.54, 1.807) is 49.1 Å². The molecule has 0 amide bonds. The second-order valence-corrected chi connectivity index (χ2v) is 20.0. The summed E-state index contributed by atoms with van der Waals surface area (Å²) in [5, 5.41) is 46.3. The Morgan fingerprint density at radius 1 is 0.289 bits per heavy atom. The van der Waals surface area contributed by atoms with Crippen LogP contribution >= 0.6 is 0 Å². The zero-order valence-electron chi connectivity index (χ0n) is 42.3. The van der Waals surface area contributed by atoms with Gasteiger partial charge in [-0.3, -0.25) is 20.0 Å². The summed E-state index contributed by atoms with van der Waals surface area (Å²) in [6.45, 7) is 0. The van der Waals surface area contributed by atoms with Crippen LogP contribution < -0.4 is 0 Å². The molecular weight excluding hydrogens is 937 g/mol. The lowest BCUT2D eigenvalue weighted by Crippen LogP contribution is -2.27. The van der Waals surface area contributed by atoms with Crippen LogP contribution in [-0.2, 0) is 0 Å². The summed E-state index contributed by atoms with van der Waals surface area (Å²) >= 11 is 0. The number of hydrogen-bond donors (Lipinski definition) is 4. The molecule has 0 unspecified atom stereocenters. The normalized spacial score (nSPS) is 18.6. The molecule has 3 aliphatic rings. The van der Waals surface area contributed by atoms with Gasteiger partial charge in [0.05, 0.1) is 24.2 Å². The molecule has 8 nitrogen and oxygen atoms in total. The summed E-state index contributed by atoms with van der Waals surface area (Å²) in [7, 11) is 0. The van der Waals surface area contributed by atoms with Crippen molar-refractivity contribution >= 4 is 47.2 Å². The third kappa shape index (κ3) is 10.8. The maximum absolute atomic E-state index is 11.6. The first-order valence-electron chi connectivity index (χ1n) is 26.5. The molecule has 0 spiro atoms. The second kappa shape index (κ2) is 22.7. The number of phenols is 4. The monoisotopic (exact) mass is 996 g/mol. The molecule has 0 saturated heterocycles. The van der Waals surface area contributed by atoms with Gasteiger partial charge in [0.15, 0.2) is 0 Å². The van der Waals surface area contributed by atoms with E-state index in [1.165, 1.54) is 0 Å². The van der Waals surface area contributed by atoms with E-state index >= 15 is 0 Å². The van der Waals surface area contributed by atoms with Gasteiger partial charge in [0.1, 0.15) is 23.0 Å². The highest BCUT2D eigenvalue weighted by Crippen LogP contribution is 2.42. The van der Waals surface area contributed by atoms with E-state index < -0.39 is 0 Å². The van der Waals surface area contributed by atoms with Crippen molar-refractivity contribution < 1.29 is 20.4 Å². The fourth-order valence-electron chi connectivity index (χ4n) is 11.1. The number of aliphatic imine (C=N–C) groups is 4. The van der Waals surface area contributed by atoms with Crippen LogP contribution in [0.25, 0.3) is 22.3 Å². The minimum Gasteiger partial charge on any atom is -0.507 e. The zero-order valence-corrected chi connectivity index (χ0v) is 42.3. The Balaban J connectivity index is 1.12. The summed E-state index contributed by atoms with van der Waals surface area (Å²) in [6.07, 6.45) is 14.4. The van der Waals surface area contributed by atoms with Crippen molar-refractivity contribution in [2.75, 3.05) is 0 Å². The standard InChI is InChI=1S/C68H60N4O4/c73-61-33-29-49-37-53(61)41-69-57-25-13-15-27-59(57)71-43-55-39-51(31-35-63(55)75)68(66(47-21-9-3-10-22-47)48-23-11-4-12-24-48)52-32-36-64(76)56(40-52)44-72-60-28-16-14-26-58(60)70-42-54-38-50(30-34-62(54)74)67(49)65(45-17-5-1-6-18-45)46-19-7-2-8-20-46/h1-12,17-24,29-44,57-60,73-76H,13-16,25-28H2/t57-,58-,59-,60-/m1/s1. The molecule has 8 aromatic carbocycles. The summed E-state index contributed by atoms with van der Waals surface area (Å²) in [5.41, 5.74) is 13.5. The quantitative estimate of drug-likeness (QED) is 0.140. The van der Waals surface area contributed by atoms with Crippen LogP contribution in [0.5, 0.6) is 23.0 Å². The molecule has 8 bridgehead atoms. The first-order valence-corrected chi connectivity index (χ1v) is 26.5. The second-order valence-electron chi connectivity index (χ2n) is 20.0. The molecule has 0 aromatic heterocycles. The third-order valence-electron chi connectivity index (χ3n) is 15.0. The predicted molar refractivity (Wildman–Crippen MR) is 311 cm³/mol. The van der Waals surface area contributed by atoms with Gasteiger partial charge >= 0.3 is 0 Å². The van der Waals surface area contributed by atoms with Gasteiger partial charge in [-0.1, -0.05) is 171 Å². The van der Waals surface area contributed by atoms with Gasteiger partial charge in [0.2, 0.25) is 0 Å². The molecule has 0 radical (unpaired) electrons. The molecule has 8 aromatic rings. The van der Waals surface area contributed by atoms with Gasteiger partial charge in [0, 0.05) is 47.1 Å². The van der Waals surface area contributed by atoms with Crippen molar-refractivity contribution in [1.82, 2.24) is 0 Å². The highest BCUT2D eigenvalue weighted by molar-refractivity contribution is 6.07. The van der Waals surface area contributed by atoms with Gasteiger partial charge in [0.25, 0.3) is 0 Å².